The van der Waals surface area contributed by atoms with E-state index in [9.17, 15) is 0 Å². The van der Waals surface area contributed by atoms with Crippen molar-refractivity contribution in [1.82, 2.24) is 14.5 Å². The molecule has 1 fully saturated rings. The molecule has 20 heavy (non-hydrogen) atoms. The predicted molar refractivity (Wildman–Crippen MR) is 83.3 cm³/mol. The van der Waals surface area contributed by atoms with Crippen molar-refractivity contribution in [2.24, 2.45) is 5.73 Å². The minimum atomic E-state index is 0. The lowest BCUT2D eigenvalue weighted by Crippen LogP contribution is -2.42. The zero-order valence-corrected chi connectivity index (χ0v) is 12.3. The fourth-order valence-corrected chi connectivity index (χ4v) is 2.71. The Morgan fingerprint density at radius 3 is 2.80 bits per heavy atom. The van der Waals surface area contributed by atoms with Gasteiger partial charge in [0.05, 0.1) is 6.54 Å². The van der Waals surface area contributed by atoms with Crippen LogP contribution >= 0.6 is 12.4 Å². The van der Waals surface area contributed by atoms with Crippen molar-refractivity contribution < 1.29 is 0 Å². The van der Waals surface area contributed by atoms with Crippen molar-refractivity contribution in [2.45, 2.75) is 25.4 Å². The summed E-state index contributed by atoms with van der Waals surface area (Å²) in [5.74, 6) is 1.08. The van der Waals surface area contributed by atoms with Crippen molar-refractivity contribution in [3.05, 3.63) is 48.5 Å². The summed E-state index contributed by atoms with van der Waals surface area (Å²) in [6.07, 6.45) is 6.22. The number of imidazole rings is 1. The molecule has 1 saturated heterocycles. The lowest BCUT2D eigenvalue weighted by Gasteiger charge is -2.30. The Morgan fingerprint density at radius 1 is 1.25 bits per heavy atom. The van der Waals surface area contributed by atoms with E-state index >= 15 is 0 Å². The minimum Gasteiger partial charge on any atom is -0.327 e. The van der Waals surface area contributed by atoms with E-state index in [1.165, 1.54) is 6.42 Å². The molecule has 1 atom stereocenters. The van der Waals surface area contributed by atoms with E-state index in [1.807, 2.05) is 18.5 Å². The second-order valence-electron chi connectivity index (χ2n) is 5.19. The normalized spacial score (nSPS) is 19.6. The molecule has 0 saturated carbocycles. The highest BCUT2D eigenvalue weighted by molar-refractivity contribution is 5.85. The van der Waals surface area contributed by atoms with Crippen molar-refractivity contribution >= 4 is 12.4 Å². The summed E-state index contributed by atoms with van der Waals surface area (Å²) in [5, 5.41) is 0. The highest BCUT2D eigenvalue weighted by Crippen LogP contribution is 2.15. The number of piperidine rings is 1. The third kappa shape index (κ3) is 3.39. The topological polar surface area (TPSA) is 47.1 Å². The van der Waals surface area contributed by atoms with Gasteiger partial charge in [-0.3, -0.25) is 4.90 Å². The zero-order valence-electron chi connectivity index (χ0n) is 11.5. The quantitative estimate of drug-likeness (QED) is 0.943. The lowest BCUT2D eigenvalue weighted by atomic mass is 10.1. The molecule has 2 aromatic rings. The molecule has 1 aromatic carbocycles. The van der Waals surface area contributed by atoms with Crippen LogP contribution in [0, 0.1) is 0 Å². The number of benzene rings is 1. The lowest BCUT2D eigenvalue weighted by molar-refractivity contribution is 0.196. The molecule has 2 heterocycles. The van der Waals surface area contributed by atoms with Gasteiger partial charge in [0.25, 0.3) is 0 Å². The maximum Gasteiger partial charge on any atom is 0.127 e. The number of hydrogen-bond donors (Lipinski definition) is 1. The first-order chi connectivity index (χ1) is 9.33. The van der Waals surface area contributed by atoms with E-state index < -0.39 is 0 Å². The summed E-state index contributed by atoms with van der Waals surface area (Å²) in [4.78, 5) is 6.89. The first kappa shape index (κ1) is 15.0. The molecule has 0 aliphatic carbocycles. The highest BCUT2D eigenvalue weighted by atomic mass is 35.5. The van der Waals surface area contributed by atoms with Crippen LogP contribution in [0.2, 0.25) is 0 Å². The second kappa shape index (κ2) is 6.88. The SMILES string of the molecule is Cl.N[C@@H]1CCCN(Cc2nccn2-c2ccccc2)C1. The summed E-state index contributed by atoms with van der Waals surface area (Å²) >= 11 is 0. The Bertz CT molecular complexity index is 526. The molecule has 5 heteroatoms. The molecule has 1 aliphatic rings. The smallest absolute Gasteiger partial charge is 0.127 e. The maximum atomic E-state index is 6.03. The van der Waals surface area contributed by atoms with Gasteiger partial charge < -0.3 is 10.3 Å². The van der Waals surface area contributed by atoms with Crippen molar-refractivity contribution in [2.75, 3.05) is 13.1 Å². The van der Waals surface area contributed by atoms with Gasteiger partial charge in [0.2, 0.25) is 0 Å². The molecule has 0 radical (unpaired) electrons. The maximum absolute atomic E-state index is 6.03. The average Bonchev–Trinajstić information content (AvgIpc) is 2.88. The summed E-state index contributed by atoms with van der Waals surface area (Å²) in [6.45, 7) is 2.96. The van der Waals surface area contributed by atoms with Crippen LogP contribution in [0.5, 0.6) is 0 Å². The molecule has 0 bridgehead atoms. The minimum absolute atomic E-state index is 0. The van der Waals surface area contributed by atoms with E-state index in [2.05, 4.69) is 38.7 Å². The number of rotatable bonds is 3. The summed E-state index contributed by atoms with van der Waals surface area (Å²) < 4.78 is 2.15. The average molecular weight is 293 g/mol. The monoisotopic (exact) mass is 292 g/mol. The van der Waals surface area contributed by atoms with Crippen molar-refractivity contribution in [3.63, 3.8) is 0 Å². The van der Waals surface area contributed by atoms with Crippen LogP contribution in [-0.4, -0.2) is 33.6 Å². The molecule has 0 spiro atoms. The number of hydrogen-bond acceptors (Lipinski definition) is 3. The van der Waals surface area contributed by atoms with Gasteiger partial charge in [-0.1, -0.05) is 18.2 Å². The predicted octanol–water partition coefficient (Wildman–Crippen LogP) is 2.22. The summed E-state index contributed by atoms with van der Waals surface area (Å²) in [5.41, 5.74) is 7.20. The molecule has 1 aliphatic heterocycles. The van der Waals surface area contributed by atoms with Gasteiger partial charge in [-0.05, 0) is 31.5 Å². The largest absolute Gasteiger partial charge is 0.327 e. The Morgan fingerprint density at radius 2 is 2.05 bits per heavy atom. The van der Waals surface area contributed by atoms with Crippen molar-refractivity contribution in [3.8, 4) is 5.69 Å². The van der Waals surface area contributed by atoms with E-state index in [4.69, 9.17) is 5.73 Å². The molecular formula is C15H21ClN4. The fourth-order valence-electron chi connectivity index (χ4n) is 2.71. The number of halogens is 1. The van der Waals surface area contributed by atoms with Gasteiger partial charge >= 0.3 is 0 Å². The molecule has 4 nitrogen and oxygen atoms in total. The number of aromatic nitrogens is 2. The first-order valence-corrected chi connectivity index (χ1v) is 6.88. The molecule has 0 unspecified atom stereocenters. The molecule has 1 aromatic heterocycles. The third-order valence-corrected chi connectivity index (χ3v) is 3.66. The Labute approximate surface area is 126 Å². The van der Waals surface area contributed by atoms with E-state index in [0.717, 1.165) is 37.6 Å². The van der Waals surface area contributed by atoms with Crippen LogP contribution in [0.3, 0.4) is 0 Å². The Balaban J connectivity index is 0.00000147. The molecular weight excluding hydrogens is 272 g/mol. The van der Waals surface area contributed by atoms with Gasteiger partial charge in [0.15, 0.2) is 0 Å². The molecule has 2 N–H and O–H groups in total. The Kier molecular flexibility index (Phi) is 5.17. The van der Waals surface area contributed by atoms with E-state index in [1.54, 1.807) is 0 Å². The van der Waals surface area contributed by atoms with Crippen LogP contribution in [0.25, 0.3) is 5.69 Å². The second-order valence-corrected chi connectivity index (χ2v) is 5.19. The first-order valence-electron chi connectivity index (χ1n) is 6.88. The fraction of sp³-hybridized carbons (Fsp3) is 0.400. The van der Waals surface area contributed by atoms with Gasteiger partial charge in [0, 0.05) is 30.7 Å². The summed E-state index contributed by atoms with van der Waals surface area (Å²) in [6, 6.07) is 10.7. The Hall–Kier alpha value is -1.36. The van der Waals surface area contributed by atoms with Gasteiger partial charge in [-0.15, -0.1) is 12.4 Å². The van der Waals surface area contributed by atoms with Crippen LogP contribution in [0.1, 0.15) is 18.7 Å². The van der Waals surface area contributed by atoms with Crippen LogP contribution in [0.15, 0.2) is 42.7 Å². The van der Waals surface area contributed by atoms with Crippen LogP contribution in [-0.2, 0) is 6.54 Å². The molecule has 108 valence electrons. The molecule has 3 rings (SSSR count). The number of nitrogens with zero attached hydrogens (tertiary/aromatic N) is 3. The number of likely N-dealkylation sites (tertiary alicyclic amines) is 1. The van der Waals surface area contributed by atoms with E-state index in [0.29, 0.717) is 6.04 Å². The molecule has 0 amide bonds. The number of para-hydroxylation sites is 1. The van der Waals surface area contributed by atoms with E-state index in [-0.39, 0.29) is 12.4 Å². The van der Waals surface area contributed by atoms with Crippen molar-refractivity contribution in [1.29, 1.82) is 0 Å². The van der Waals surface area contributed by atoms with Gasteiger partial charge in [-0.2, -0.15) is 0 Å². The highest BCUT2D eigenvalue weighted by Gasteiger charge is 2.18. The number of nitrogens with two attached hydrogens (primary N) is 1. The van der Waals surface area contributed by atoms with Crippen LogP contribution in [0.4, 0.5) is 0 Å². The van der Waals surface area contributed by atoms with Gasteiger partial charge in [0.1, 0.15) is 5.82 Å². The summed E-state index contributed by atoms with van der Waals surface area (Å²) in [7, 11) is 0. The third-order valence-electron chi connectivity index (χ3n) is 3.66. The standard InChI is InChI=1S/C15H20N4.ClH/c16-13-5-4-9-18(11-13)12-15-17-8-10-19(15)14-6-2-1-3-7-14;/h1-3,6-8,10,13H,4-5,9,11-12,16H2;1H/t13-;/m1./s1. The van der Waals surface area contributed by atoms with Gasteiger partial charge in [-0.25, -0.2) is 4.98 Å². The zero-order chi connectivity index (χ0) is 13.1. The van der Waals surface area contributed by atoms with Crippen LogP contribution < -0.4 is 5.73 Å².